The van der Waals surface area contributed by atoms with Gasteiger partial charge >= 0.3 is 0 Å². The van der Waals surface area contributed by atoms with Gasteiger partial charge in [0.05, 0.1) is 22.9 Å². The number of benzene rings is 1. The molecule has 0 radical (unpaired) electrons. The van der Waals surface area contributed by atoms with Gasteiger partial charge in [0.15, 0.2) is 17.6 Å². The molecule has 1 aromatic carbocycles. The van der Waals surface area contributed by atoms with Gasteiger partial charge in [0.1, 0.15) is 17.7 Å². The number of aromatic nitrogens is 4. The zero-order valence-corrected chi connectivity index (χ0v) is 16.8. The molecule has 152 valence electrons. The van der Waals surface area contributed by atoms with Crippen LogP contribution in [0.25, 0.3) is 17.4 Å². The number of imidazole rings is 1. The van der Waals surface area contributed by atoms with Crippen molar-refractivity contribution in [3.63, 3.8) is 0 Å². The number of nitrogens with zero attached hydrogens (tertiary/aromatic N) is 6. The summed E-state index contributed by atoms with van der Waals surface area (Å²) in [4.78, 5) is 20.8. The van der Waals surface area contributed by atoms with E-state index in [1.165, 1.54) is 12.4 Å². The van der Waals surface area contributed by atoms with Crippen molar-refractivity contribution in [3.8, 4) is 0 Å². The number of anilines is 1. The molecule has 1 aliphatic rings. The topological polar surface area (TPSA) is 85.3 Å². The summed E-state index contributed by atoms with van der Waals surface area (Å²) in [7, 11) is 0. The van der Waals surface area contributed by atoms with E-state index in [9.17, 15) is 4.39 Å². The highest BCUT2D eigenvalue weighted by Gasteiger charge is 2.30. The van der Waals surface area contributed by atoms with Crippen LogP contribution in [0.15, 0.2) is 35.8 Å². The van der Waals surface area contributed by atoms with Crippen LogP contribution in [0.5, 0.6) is 0 Å². The smallest absolute Gasteiger partial charge is 0.182 e. The van der Waals surface area contributed by atoms with E-state index in [1.807, 2.05) is 17.3 Å². The van der Waals surface area contributed by atoms with Gasteiger partial charge in [-0.25, -0.2) is 24.4 Å². The molecular formula is C20H25FN8. The Morgan fingerprint density at radius 2 is 2.03 bits per heavy atom. The molecule has 2 aromatic heterocycles. The maximum absolute atomic E-state index is 14.4. The summed E-state index contributed by atoms with van der Waals surface area (Å²) >= 11 is 0. The molecule has 0 bridgehead atoms. The first kappa shape index (κ1) is 19.3. The molecule has 0 fully saturated rings. The van der Waals surface area contributed by atoms with Gasteiger partial charge in [-0.3, -0.25) is 10.0 Å². The molecule has 9 heteroatoms. The van der Waals surface area contributed by atoms with Crippen molar-refractivity contribution in [1.82, 2.24) is 30.0 Å². The summed E-state index contributed by atoms with van der Waals surface area (Å²) < 4.78 is 14.4. The predicted molar refractivity (Wildman–Crippen MR) is 110 cm³/mol. The minimum absolute atomic E-state index is 0.0651. The normalized spacial score (nSPS) is 17.0. The van der Waals surface area contributed by atoms with E-state index in [1.54, 1.807) is 12.4 Å². The zero-order valence-electron chi connectivity index (χ0n) is 16.8. The fraction of sp³-hybridized carbons (Fsp3) is 0.400. The SMILES string of the molecule is CCC(Nc1ncnc2nc[nH]c12)[C@H]1N=c2cccc(F)c2=CN1N(CC)CC. The molecule has 29 heavy (non-hydrogen) atoms. The molecule has 3 heterocycles. The first-order chi connectivity index (χ1) is 14.2. The molecule has 1 unspecified atom stereocenters. The Labute approximate surface area is 168 Å². The van der Waals surface area contributed by atoms with Gasteiger partial charge in [0, 0.05) is 19.3 Å². The fourth-order valence-corrected chi connectivity index (χ4v) is 3.69. The minimum atomic E-state index is -0.266. The van der Waals surface area contributed by atoms with E-state index in [-0.39, 0.29) is 18.0 Å². The quantitative estimate of drug-likeness (QED) is 0.632. The van der Waals surface area contributed by atoms with Crippen LogP contribution in [0.2, 0.25) is 0 Å². The summed E-state index contributed by atoms with van der Waals surface area (Å²) in [6.07, 6.45) is 5.51. The minimum Gasteiger partial charge on any atom is -0.361 e. The molecule has 0 spiro atoms. The molecule has 2 N–H and O–H groups in total. The van der Waals surface area contributed by atoms with Crippen molar-refractivity contribution in [2.45, 2.75) is 39.4 Å². The van der Waals surface area contributed by atoms with Gasteiger partial charge in [0.2, 0.25) is 0 Å². The number of aromatic amines is 1. The van der Waals surface area contributed by atoms with Crippen LogP contribution in [-0.2, 0) is 0 Å². The average Bonchev–Trinajstić information content (AvgIpc) is 3.23. The van der Waals surface area contributed by atoms with Gasteiger partial charge < -0.3 is 10.3 Å². The molecule has 1 aliphatic heterocycles. The molecular weight excluding hydrogens is 371 g/mol. The Balaban J connectivity index is 1.77. The molecule has 0 amide bonds. The Morgan fingerprint density at radius 1 is 1.21 bits per heavy atom. The van der Waals surface area contributed by atoms with Gasteiger partial charge in [-0.1, -0.05) is 26.8 Å². The average molecular weight is 396 g/mol. The number of fused-ring (bicyclic) bond motifs is 2. The van der Waals surface area contributed by atoms with Crippen LogP contribution in [0.3, 0.4) is 0 Å². The Bertz CT molecular complexity index is 1110. The lowest BCUT2D eigenvalue weighted by Crippen LogP contribution is -2.56. The standard InChI is InChI=1S/C20H25FN8/c1-4-15(26-19-17-18(23-11-22-17)24-12-25-19)20-27-16-9-7-8-14(21)13(16)10-29(20)28(5-2)6-3/h7-12,15,20H,4-6H2,1-3H3,(H2,22,23,24,25,26)/t15?,20-/m0/s1. The Hall–Kier alpha value is -3.07. The van der Waals surface area contributed by atoms with E-state index in [0.29, 0.717) is 22.0 Å². The lowest BCUT2D eigenvalue weighted by Gasteiger charge is -2.41. The summed E-state index contributed by atoms with van der Waals surface area (Å²) in [6, 6.07) is 4.95. The summed E-state index contributed by atoms with van der Waals surface area (Å²) in [5.74, 6) is 0.414. The zero-order chi connectivity index (χ0) is 20.4. The van der Waals surface area contributed by atoms with Crippen LogP contribution in [-0.4, -0.2) is 55.3 Å². The van der Waals surface area contributed by atoms with Crippen molar-refractivity contribution in [1.29, 1.82) is 0 Å². The number of hydrazine groups is 1. The maximum atomic E-state index is 14.4. The highest BCUT2D eigenvalue weighted by atomic mass is 19.1. The monoisotopic (exact) mass is 396 g/mol. The van der Waals surface area contributed by atoms with E-state index < -0.39 is 0 Å². The van der Waals surface area contributed by atoms with Crippen molar-refractivity contribution < 1.29 is 4.39 Å². The fourth-order valence-electron chi connectivity index (χ4n) is 3.69. The molecule has 3 aromatic rings. The maximum Gasteiger partial charge on any atom is 0.182 e. The van der Waals surface area contributed by atoms with Crippen LogP contribution in [0.4, 0.5) is 10.2 Å². The van der Waals surface area contributed by atoms with Gasteiger partial charge in [0.25, 0.3) is 0 Å². The summed E-state index contributed by atoms with van der Waals surface area (Å²) in [5.41, 5.74) is 1.36. The number of hydrogen-bond acceptors (Lipinski definition) is 7. The van der Waals surface area contributed by atoms with Crippen molar-refractivity contribution in [2.24, 2.45) is 4.99 Å². The molecule has 0 aliphatic carbocycles. The third-order valence-electron chi connectivity index (χ3n) is 5.24. The van der Waals surface area contributed by atoms with E-state index >= 15 is 0 Å². The Kier molecular flexibility index (Phi) is 5.39. The van der Waals surface area contributed by atoms with Gasteiger partial charge in [-0.2, -0.15) is 0 Å². The second-order valence-electron chi connectivity index (χ2n) is 6.85. The largest absolute Gasteiger partial charge is 0.361 e. The highest BCUT2D eigenvalue weighted by Crippen LogP contribution is 2.21. The highest BCUT2D eigenvalue weighted by molar-refractivity contribution is 5.82. The van der Waals surface area contributed by atoms with Crippen LogP contribution < -0.4 is 15.9 Å². The molecule has 8 nitrogen and oxygen atoms in total. The number of halogens is 1. The molecule has 4 rings (SSSR count). The molecule has 0 saturated heterocycles. The molecule has 2 atom stereocenters. The third-order valence-corrected chi connectivity index (χ3v) is 5.24. The Morgan fingerprint density at radius 3 is 2.79 bits per heavy atom. The van der Waals surface area contributed by atoms with E-state index in [0.717, 1.165) is 25.0 Å². The van der Waals surface area contributed by atoms with Crippen molar-refractivity contribution in [2.75, 3.05) is 18.4 Å². The number of H-pyrrole nitrogens is 1. The molecule has 0 saturated carbocycles. The number of nitrogens with one attached hydrogen (secondary N) is 2. The lowest BCUT2D eigenvalue weighted by molar-refractivity contribution is 0.00389. The van der Waals surface area contributed by atoms with Gasteiger partial charge in [-0.05, 0) is 18.6 Å². The van der Waals surface area contributed by atoms with E-state index in [2.05, 4.69) is 51.0 Å². The first-order valence-electron chi connectivity index (χ1n) is 9.94. The second kappa shape index (κ2) is 8.12. The third kappa shape index (κ3) is 3.53. The van der Waals surface area contributed by atoms with E-state index in [4.69, 9.17) is 4.99 Å². The second-order valence-corrected chi connectivity index (χ2v) is 6.85. The van der Waals surface area contributed by atoms with Crippen molar-refractivity contribution in [3.05, 3.63) is 47.2 Å². The van der Waals surface area contributed by atoms with Crippen LogP contribution in [0.1, 0.15) is 27.2 Å². The van der Waals surface area contributed by atoms with Crippen LogP contribution >= 0.6 is 0 Å². The van der Waals surface area contributed by atoms with Crippen molar-refractivity contribution >= 4 is 23.2 Å². The van der Waals surface area contributed by atoms with Gasteiger partial charge in [-0.15, -0.1) is 0 Å². The summed E-state index contributed by atoms with van der Waals surface area (Å²) in [5, 5.41) is 8.88. The van der Waals surface area contributed by atoms with Crippen LogP contribution in [0, 0.1) is 5.82 Å². The first-order valence-corrected chi connectivity index (χ1v) is 9.94. The number of hydrogen-bond donors (Lipinski definition) is 2. The number of rotatable bonds is 7. The predicted octanol–water partition coefficient (Wildman–Crippen LogP) is 1.64. The lowest BCUT2D eigenvalue weighted by atomic mass is 10.1. The summed E-state index contributed by atoms with van der Waals surface area (Å²) in [6.45, 7) is 7.84.